The fraction of sp³-hybridized carbons (Fsp3) is 0. The summed E-state index contributed by atoms with van der Waals surface area (Å²) in [5, 5.41) is 25.7. The SMILES string of the molecule is N#Cc1ccc2c3cc(-c4cccc5c4oc4ccccc45)cc4c5ccc(C#N)cc5n(c2c1)c34. The predicted octanol–water partition coefficient (Wildman–Crippen LogP) is 8.15. The number of hydrogen-bond donors (Lipinski definition) is 0. The topological polar surface area (TPSA) is 65.1 Å². The van der Waals surface area contributed by atoms with E-state index >= 15 is 0 Å². The number of benzene rings is 5. The molecule has 0 radical (unpaired) electrons. The third-order valence-electron chi connectivity index (χ3n) is 7.36. The molecule has 36 heavy (non-hydrogen) atoms. The Labute approximate surface area is 204 Å². The van der Waals surface area contributed by atoms with Gasteiger partial charge in [-0.05, 0) is 48.0 Å². The number of para-hydroxylation sites is 2. The van der Waals surface area contributed by atoms with Gasteiger partial charge in [-0.1, -0.05) is 48.5 Å². The Morgan fingerprint density at radius 1 is 0.583 bits per heavy atom. The van der Waals surface area contributed by atoms with Crippen molar-refractivity contribution in [2.75, 3.05) is 0 Å². The largest absolute Gasteiger partial charge is 0.455 e. The molecule has 0 atom stereocenters. The molecule has 0 bridgehead atoms. The fourth-order valence-electron chi connectivity index (χ4n) is 5.81. The first-order chi connectivity index (χ1) is 17.7. The van der Waals surface area contributed by atoms with Crippen molar-refractivity contribution >= 4 is 60.0 Å². The van der Waals surface area contributed by atoms with Crippen molar-refractivity contribution in [2.45, 2.75) is 0 Å². The van der Waals surface area contributed by atoms with Crippen LogP contribution in [0.2, 0.25) is 0 Å². The fourth-order valence-corrected chi connectivity index (χ4v) is 5.81. The molecule has 0 N–H and O–H groups in total. The lowest BCUT2D eigenvalue weighted by Gasteiger charge is -2.05. The number of nitriles is 2. The van der Waals surface area contributed by atoms with Crippen LogP contribution in [0.4, 0.5) is 0 Å². The Hall–Kier alpha value is -5.32. The maximum absolute atomic E-state index is 9.57. The molecule has 0 unspecified atom stereocenters. The van der Waals surface area contributed by atoms with Gasteiger partial charge >= 0.3 is 0 Å². The second-order valence-corrected chi connectivity index (χ2v) is 9.22. The standard InChI is InChI=1S/C32H15N3O/c33-16-18-8-10-22-26-14-20(21-5-3-6-25-24-4-1-2-7-30(24)36-32(21)25)15-27-23-11-9-19(17-34)13-29(23)35(31(26)27)28(22)12-18/h1-15H. The lowest BCUT2D eigenvalue weighted by atomic mass is 9.97. The number of hydrogen-bond acceptors (Lipinski definition) is 3. The Morgan fingerprint density at radius 2 is 1.22 bits per heavy atom. The first-order valence-corrected chi connectivity index (χ1v) is 11.7. The number of rotatable bonds is 1. The summed E-state index contributed by atoms with van der Waals surface area (Å²) in [6.07, 6.45) is 0. The molecular formula is C32H15N3O. The zero-order valence-corrected chi connectivity index (χ0v) is 18.9. The van der Waals surface area contributed by atoms with Crippen LogP contribution in [0.25, 0.3) is 71.2 Å². The van der Waals surface area contributed by atoms with Crippen LogP contribution >= 0.6 is 0 Å². The molecule has 4 nitrogen and oxygen atoms in total. The molecule has 5 aromatic carbocycles. The monoisotopic (exact) mass is 457 g/mol. The summed E-state index contributed by atoms with van der Waals surface area (Å²) < 4.78 is 8.56. The summed E-state index contributed by atoms with van der Waals surface area (Å²) in [6.45, 7) is 0. The zero-order valence-electron chi connectivity index (χ0n) is 18.9. The highest BCUT2D eigenvalue weighted by atomic mass is 16.3. The van der Waals surface area contributed by atoms with Gasteiger partial charge in [0.05, 0.1) is 39.8 Å². The van der Waals surface area contributed by atoms with Crippen molar-refractivity contribution in [1.29, 1.82) is 10.5 Å². The second kappa shape index (κ2) is 6.63. The molecule has 0 aliphatic rings. The van der Waals surface area contributed by atoms with Crippen LogP contribution in [-0.4, -0.2) is 4.40 Å². The van der Waals surface area contributed by atoms with Gasteiger partial charge in [-0.2, -0.15) is 10.5 Å². The highest BCUT2D eigenvalue weighted by Gasteiger charge is 2.21. The van der Waals surface area contributed by atoms with Gasteiger partial charge in [-0.15, -0.1) is 0 Å². The molecule has 0 saturated carbocycles. The molecule has 3 heterocycles. The molecule has 3 aromatic heterocycles. The predicted molar refractivity (Wildman–Crippen MR) is 143 cm³/mol. The van der Waals surface area contributed by atoms with Crippen molar-refractivity contribution in [3.8, 4) is 23.3 Å². The quantitative estimate of drug-likeness (QED) is 0.250. The van der Waals surface area contributed by atoms with Crippen LogP contribution in [0.15, 0.2) is 95.4 Å². The molecule has 0 spiro atoms. The first kappa shape index (κ1) is 19.0. The van der Waals surface area contributed by atoms with Gasteiger partial charge in [0, 0.05) is 37.9 Å². The number of furan rings is 1. The molecule has 8 aromatic rings. The van der Waals surface area contributed by atoms with E-state index in [1.165, 1.54) is 0 Å². The molecular weight excluding hydrogens is 442 g/mol. The number of aromatic nitrogens is 1. The van der Waals surface area contributed by atoms with E-state index in [9.17, 15) is 10.5 Å². The van der Waals surface area contributed by atoms with Crippen LogP contribution in [0.5, 0.6) is 0 Å². The summed E-state index contributed by atoms with van der Waals surface area (Å²) in [5.41, 5.74) is 8.13. The molecule has 0 amide bonds. The van der Waals surface area contributed by atoms with E-state index in [1.54, 1.807) is 0 Å². The van der Waals surface area contributed by atoms with Crippen LogP contribution in [-0.2, 0) is 0 Å². The molecule has 8 rings (SSSR count). The zero-order chi connectivity index (χ0) is 24.0. The molecule has 164 valence electrons. The van der Waals surface area contributed by atoms with Crippen molar-refractivity contribution in [1.82, 2.24) is 4.40 Å². The maximum Gasteiger partial charge on any atom is 0.143 e. The van der Waals surface area contributed by atoms with Crippen molar-refractivity contribution in [3.63, 3.8) is 0 Å². The molecule has 0 aliphatic heterocycles. The average molecular weight is 457 g/mol. The first-order valence-electron chi connectivity index (χ1n) is 11.7. The summed E-state index contributed by atoms with van der Waals surface area (Å²) >= 11 is 0. The highest BCUT2D eigenvalue weighted by Crippen LogP contribution is 2.44. The van der Waals surface area contributed by atoms with Gasteiger partial charge in [0.15, 0.2) is 0 Å². The number of nitrogens with zero attached hydrogens (tertiary/aromatic N) is 3. The Balaban J connectivity index is 1.57. The van der Waals surface area contributed by atoms with E-state index in [1.807, 2.05) is 54.6 Å². The van der Waals surface area contributed by atoms with Gasteiger partial charge < -0.3 is 8.82 Å². The third-order valence-corrected chi connectivity index (χ3v) is 7.36. The lowest BCUT2D eigenvalue weighted by molar-refractivity contribution is 0.670. The second-order valence-electron chi connectivity index (χ2n) is 9.22. The van der Waals surface area contributed by atoms with Gasteiger partial charge in [-0.3, -0.25) is 0 Å². The van der Waals surface area contributed by atoms with Crippen molar-refractivity contribution in [3.05, 3.63) is 102 Å². The van der Waals surface area contributed by atoms with E-state index < -0.39 is 0 Å². The normalized spacial score (nSPS) is 11.8. The molecule has 4 heteroatoms. The smallest absolute Gasteiger partial charge is 0.143 e. The third kappa shape index (κ3) is 2.30. The Morgan fingerprint density at radius 3 is 1.89 bits per heavy atom. The maximum atomic E-state index is 9.57. The minimum Gasteiger partial charge on any atom is -0.455 e. The summed E-state index contributed by atoms with van der Waals surface area (Å²) in [7, 11) is 0. The minimum absolute atomic E-state index is 0.611. The van der Waals surface area contributed by atoms with E-state index in [0.717, 1.165) is 71.2 Å². The number of fused-ring (bicyclic) bond motifs is 9. The lowest BCUT2D eigenvalue weighted by Crippen LogP contribution is -1.83. The Bertz CT molecular complexity index is 2180. The van der Waals surface area contributed by atoms with Gasteiger partial charge in [-0.25, -0.2) is 0 Å². The van der Waals surface area contributed by atoms with Crippen LogP contribution < -0.4 is 0 Å². The van der Waals surface area contributed by atoms with E-state index in [2.05, 4.69) is 52.9 Å². The van der Waals surface area contributed by atoms with Gasteiger partial charge in [0.25, 0.3) is 0 Å². The average Bonchev–Trinajstić information content (AvgIpc) is 3.58. The van der Waals surface area contributed by atoms with Crippen LogP contribution in [0.1, 0.15) is 11.1 Å². The van der Waals surface area contributed by atoms with E-state index in [-0.39, 0.29) is 0 Å². The van der Waals surface area contributed by atoms with Crippen molar-refractivity contribution in [2.24, 2.45) is 0 Å². The molecule has 0 aliphatic carbocycles. The van der Waals surface area contributed by atoms with E-state index in [4.69, 9.17) is 4.42 Å². The van der Waals surface area contributed by atoms with Gasteiger partial charge in [0.1, 0.15) is 11.2 Å². The highest BCUT2D eigenvalue weighted by molar-refractivity contribution is 6.25. The summed E-state index contributed by atoms with van der Waals surface area (Å²) in [5.74, 6) is 0. The van der Waals surface area contributed by atoms with Crippen molar-refractivity contribution < 1.29 is 4.42 Å². The van der Waals surface area contributed by atoms with Crippen LogP contribution in [0, 0.1) is 22.7 Å². The Kier molecular flexibility index (Phi) is 3.51. The molecule has 0 fully saturated rings. The summed E-state index contributed by atoms with van der Waals surface area (Å²) in [4.78, 5) is 0. The molecule has 0 saturated heterocycles. The summed E-state index contributed by atoms with van der Waals surface area (Å²) in [6, 6.07) is 35.1. The van der Waals surface area contributed by atoms with E-state index in [0.29, 0.717) is 11.1 Å². The minimum atomic E-state index is 0.611. The van der Waals surface area contributed by atoms with Crippen LogP contribution in [0.3, 0.4) is 0 Å². The van der Waals surface area contributed by atoms with Gasteiger partial charge in [0.2, 0.25) is 0 Å².